The maximum atomic E-state index is 9.91. The molecule has 1 unspecified atom stereocenters. The lowest BCUT2D eigenvalue weighted by atomic mass is 9.89. The van der Waals surface area contributed by atoms with E-state index in [1.165, 1.54) is 0 Å². The third kappa shape index (κ3) is 3.55. The fourth-order valence-electron chi connectivity index (χ4n) is 2.37. The summed E-state index contributed by atoms with van der Waals surface area (Å²) in [5.74, 6) is 0. The van der Waals surface area contributed by atoms with Gasteiger partial charge in [0.2, 0.25) is 0 Å². The summed E-state index contributed by atoms with van der Waals surface area (Å²) in [5, 5.41) is 13.4. The first-order valence-corrected chi connectivity index (χ1v) is 6.86. The fraction of sp³-hybridized carbons (Fsp3) is 0.600. The third-order valence-corrected chi connectivity index (χ3v) is 3.50. The number of rotatable bonds is 8. The second-order valence-corrected chi connectivity index (χ2v) is 4.60. The Balaban J connectivity index is 3.01. The standard InChI is InChI=1S/C15H26N2O/c1-4-16-15(13-18,12-17(5-2)6-3)14-10-8-7-9-11-14/h7-11,16,18H,4-6,12-13H2,1-3H3. The van der Waals surface area contributed by atoms with Gasteiger partial charge in [-0.3, -0.25) is 0 Å². The average molecular weight is 250 g/mol. The molecular weight excluding hydrogens is 224 g/mol. The summed E-state index contributed by atoms with van der Waals surface area (Å²) in [4.78, 5) is 2.34. The Bertz CT molecular complexity index is 325. The van der Waals surface area contributed by atoms with E-state index in [1.54, 1.807) is 0 Å². The molecule has 0 saturated heterocycles. The van der Waals surface area contributed by atoms with E-state index in [1.807, 2.05) is 18.2 Å². The summed E-state index contributed by atoms with van der Waals surface area (Å²) < 4.78 is 0. The first-order chi connectivity index (χ1) is 8.72. The van der Waals surface area contributed by atoms with E-state index in [4.69, 9.17) is 0 Å². The molecular formula is C15H26N2O. The van der Waals surface area contributed by atoms with E-state index in [-0.39, 0.29) is 12.1 Å². The lowest BCUT2D eigenvalue weighted by Gasteiger charge is -2.37. The third-order valence-electron chi connectivity index (χ3n) is 3.50. The van der Waals surface area contributed by atoms with Crippen molar-refractivity contribution in [1.82, 2.24) is 10.2 Å². The number of likely N-dealkylation sites (N-methyl/N-ethyl adjacent to an activating group) is 2. The van der Waals surface area contributed by atoms with Gasteiger partial charge in [-0.25, -0.2) is 0 Å². The first kappa shape index (κ1) is 15.2. The second-order valence-electron chi connectivity index (χ2n) is 4.60. The Labute approximate surface area is 111 Å². The van der Waals surface area contributed by atoms with E-state index in [0.29, 0.717) is 0 Å². The van der Waals surface area contributed by atoms with Crippen LogP contribution in [0.4, 0.5) is 0 Å². The van der Waals surface area contributed by atoms with Crippen LogP contribution in [-0.4, -0.2) is 42.8 Å². The molecule has 0 fully saturated rings. The topological polar surface area (TPSA) is 35.5 Å². The zero-order chi connectivity index (χ0) is 13.4. The molecule has 0 aliphatic heterocycles. The van der Waals surface area contributed by atoms with Gasteiger partial charge >= 0.3 is 0 Å². The molecule has 0 radical (unpaired) electrons. The molecule has 0 bridgehead atoms. The van der Waals surface area contributed by atoms with Gasteiger partial charge in [0.15, 0.2) is 0 Å². The molecule has 102 valence electrons. The Hall–Kier alpha value is -0.900. The highest BCUT2D eigenvalue weighted by Crippen LogP contribution is 2.22. The fourth-order valence-corrected chi connectivity index (χ4v) is 2.37. The Morgan fingerprint density at radius 3 is 2.17 bits per heavy atom. The SMILES string of the molecule is CCNC(CO)(CN(CC)CC)c1ccccc1. The van der Waals surface area contributed by atoms with Gasteiger partial charge in [-0.05, 0) is 25.2 Å². The maximum absolute atomic E-state index is 9.91. The van der Waals surface area contributed by atoms with Gasteiger partial charge in [0, 0.05) is 6.54 Å². The molecule has 18 heavy (non-hydrogen) atoms. The molecule has 0 aliphatic rings. The number of nitrogens with one attached hydrogen (secondary N) is 1. The molecule has 0 amide bonds. The van der Waals surface area contributed by atoms with Crippen LogP contribution >= 0.6 is 0 Å². The predicted octanol–water partition coefficient (Wildman–Crippen LogP) is 1.83. The molecule has 2 N–H and O–H groups in total. The quantitative estimate of drug-likeness (QED) is 0.739. The lowest BCUT2D eigenvalue weighted by molar-refractivity contribution is 0.112. The molecule has 0 aliphatic carbocycles. The van der Waals surface area contributed by atoms with Gasteiger partial charge in [-0.1, -0.05) is 51.1 Å². The Morgan fingerprint density at radius 1 is 1.11 bits per heavy atom. The molecule has 3 nitrogen and oxygen atoms in total. The smallest absolute Gasteiger partial charge is 0.0797 e. The Morgan fingerprint density at radius 2 is 1.72 bits per heavy atom. The van der Waals surface area contributed by atoms with Crippen LogP contribution in [0.1, 0.15) is 26.3 Å². The number of benzene rings is 1. The highest BCUT2D eigenvalue weighted by atomic mass is 16.3. The summed E-state index contributed by atoms with van der Waals surface area (Å²) in [5.41, 5.74) is 0.795. The van der Waals surface area contributed by atoms with Gasteiger partial charge in [0.1, 0.15) is 0 Å². The number of nitrogens with zero attached hydrogens (tertiary/aromatic N) is 1. The highest BCUT2D eigenvalue weighted by Gasteiger charge is 2.31. The number of aliphatic hydroxyl groups is 1. The average Bonchev–Trinajstić information content (AvgIpc) is 2.44. The van der Waals surface area contributed by atoms with E-state index in [0.717, 1.165) is 31.7 Å². The minimum absolute atomic E-state index is 0.112. The van der Waals surface area contributed by atoms with Crippen molar-refractivity contribution in [3.05, 3.63) is 35.9 Å². The van der Waals surface area contributed by atoms with Crippen molar-refractivity contribution < 1.29 is 5.11 Å². The van der Waals surface area contributed by atoms with Crippen molar-refractivity contribution in [3.8, 4) is 0 Å². The van der Waals surface area contributed by atoms with Crippen LogP contribution < -0.4 is 5.32 Å². The van der Waals surface area contributed by atoms with Gasteiger partial charge in [0.25, 0.3) is 0 Å². The number of hydrogen-bond acceptors (Lipinski definition) is 3. The van der Waals surface area contributed by atoms with Crippen LogP contribution in [0, 0.1) is 0 Å². The van der Waals surface area contributed by atoms with Crippen LogP contribution in [0.15, 0.2) is 30.3 Å². The molecule has 1 aromatic carbocycles. The molecule has 0 heterocycles. The van der Waals surface area contributed by atoms with Gasteiger partial charge in [-0.2, -0.15) is 0 Å². The van der Waals surface area contributed by atoms with Crippen molar-refractivity contribution in [1.29, 1.82) is 0 Å². The molecule has 0 spiro atoms. The van der Waals surface area contributed by atoms with Crippen molar-refractivity contribution >= 4 is 0 Å². The van der Waals surface area contributed by atoms with E-state index < -0.39 is 0 Å². The van der Waals surface area contributed by atoms with Crippen LogP contribution in [0.25, 0.3) is 0 Å². The molecule has 1 rings (SSSR count). The van der Waals surface area contributed by atoms with Gasteiger partial charge < -0.3 is 15.3 Å². The molecule has 0 saturated carbocycles. The van der Waals surface area contributed by atoms with E-state index in [2.05, 4.69) is 43.1 Å². The first-order valence-electron chi connectivity index (χ1n) is 6.86. The van der Waals surface area contributed by atoms with Crippen molar-refractivity contribution in [3.63, 3.8) is 0 Å². The van der Waals surface area contributed by atoms with Crippen molar-refractivity contribution in [2.75, 3.05) is 32.8 Å². The van der Waals surface area contributed by atoms with Crippen LogP contribution in [0.5, 0.6) is 0 Å². The number of aliphatic hydroxyl groups excluding tert-OH is 1. The van der Waals surface area contributed by atoms with Gasteiger partial charge in [0.05, 0.1) is 12.1 Å². The lowest BCUT2D eigenvalue weighted by Crippen LogP contribution is -2.53. The van der Waals surface area contributed by atoms with E-state index >= 15 is 0 Å². The van der Waals surface area contributed by atoms with Crippen molar-refractivity contribution in [2.24, 2.45) is 0 Å². The largest absolute Gasteiger partial charge is 0.394 e. The molecule has 3 heteroatoms. The molecule has 1 aromatic rings. The van der Waals surface area contributed by atoms with E-state index in [9.17, 15) is 5.11 Å². The highest BCUT2D eigenvalue weighted by molar-refractivity contribution is 5.25. The van der Waals surface area contributed by atoms with Gasteiger partial charge in [-0.15, -0.1) is 0 Å². The normalized spacial score (nSPS) is 14.7. The van der Waals surface area contributed by atoms with Crippen LogP contribution in [0.3, 0.4) is 0 Å². The molecule has 1 atom stereocenters. The number of hydrogen-bond donors (Lipinski definition) is 2. The van der Waals surface area contributed by atoms with Crippen LogP contribution in [0.2, 0.25) is 0 Å². The summed E-state index contributed by atoms with van der Waals surface area (Å²) in [6.45, 7) is 10.2. The summed E-state index contributed by atoms with van der Waals surface area (Å²) in [6.07, 6.45) is 0. The minimum Gasteiger partial charge on any atom is -0.394 e. The zero-order valence-corrected chi connectivity index (χ0v) is 11.8. The zero-order valence-electron chi connectivity index (χ0n) is 11.8. The summed E-state index contributed by atoms with van der Waals surface area (Å²) in [6, 6.07) is 10.2. The summed E-state index contributed by atoms with van der Waals surface area (Å²) in [7, 11) is 0. The van der Waals surface area contributed by atoms with Crippen molar-refractivity contribution in [2.45, 2.75) is 26.3 Å². The minimum atomic E-state index is -0.359. The predicted molar refractivity (Wildman–Crippen MR) is 76.7 cm³/mol. The maximum Gasteiger partial charge on any atom is 0.0797 e. The summed E-state index contributed by atoms with van der Waals surface area (Å²) >= 11 is 0. The van der Waals surface area contributed by atoms with Crippen LogP contribution in [-0.2, 0) is 5.54 Å². The Kier molecular flexibility index (Phi) is 6.33. The monoisotopic (exact) mass is 250 g/mol. The molecule has 0 aromatic heterocycles. The second kappa shape index (κ2) is 7.52.